The van der Waals surface area contributed by atoms with Gasteiger partial charge < -0.3 is 5.32 Å². The van der Waals surface area contributed by atoms with Crippen molar-refractivity contribution in [1.82, 2.24) is 10.6 Å². The van der Waals surface area contributed by atoms with E-state index in [0.29, 0.717) is 0 Å². The third-order valence-corrected chi connectivity index (χ3v) is 4.60. The minimum Gasteiger partial charge on any atom is -0.316 e. The number of aryl methyl sites for hydroxylation is 2. The second kappa shape index (κ2) is 4.70. The first-order valence-electron chi connectivity index (χ1n) is 7.52. The largest absolute Gasteiger partial charge is 0.322 e. The van der Waals surface area contributed by atoms with Gasteiger partial charge in [-0.05, 0) is 41.5 Å². The molecule has 0 aromatic heterocycles. The highest BCUT2D eigenvalue weighted by molar-refractivity contribution is 6.10. The van der Waals surface area contributed by atoms with E-state index in [9.17, 15) is 9.59 Å². The van der Waals surface area contributed by atoms with Crippen LogP contribution in [0.4, 0.5) is 4.79 Å². The van der Waals surface area contributed by atoms with E-state index < -0.39 is 11.6 Å². The van der Waals surface area contributed by atoms with Crippen LogP contribution in [-0.4, -0.2) is 11.9 Å². The van der Waals surface area contributed by atoms with Gasteiger partial charge in [0.2, 0.25) is 0 Å². The Kier molecular flexibility index (Phi) is 2.79. The van der Waals surface area contributed by atoms with Gasteiger partial charge in [-0.1, -0.05) is 48.5 Å². The Morgan fingerprint density at radius 2 is 1.36 bits per heavy atom. The highest BCUT2D eigenvalue weighted by Crippen LogP contribution is 2.39. The smallest absolute Gasteiger partial charge is 0.316 e. The molecular weight excluding hydrogens is 276 g/mol. The second-order valence-corrected chi connectivity index (χ2v) is 5.83. The molecule has 0 unspecified atom stereocenters. The van der Waals surface area contributed by atoms with Crippen LogP contribution in [0.15, 0.2) is 48.5 Å². The van der Waals surface area contributed by atoms with E-state index >= 15 is 0 Å². The number of urea groups is 1. The topological polar surface area (TPSA) is 58.2 Å². The molecule has 2 N–H and O–H groups in total. The fraction of sp³-hybridized carbons (Fsp3) is 0.222. The zero-order valence-corrected chi connectivity index (χ0v) is 12.1. The average Bonchev–Trinajstić information content (AvgIpc) is 2.82. The fourth-order valence-corrected chi connectivity index (χ4v) is 3.66. The van der Waals surface area contributed by atoms with Crippen LogP contribution < -0.4 is 10.6 Å². The first kappa shape index (κ1) is 13.1. The third kappa shape index (κ3) is 1.70. The molecule has 4 rings (SSSR count). The van der Waals surface area contributed by atoms with Crippen LogP contribution in [0.5, 0.6) is 0 Å². The van der Waals surface area contributed by atoms with Gasteiger partial charge in [-0.15, -0.1) is 0 Å². The minimum atomic E-state index is -1.11. The summed E-state index contributed by atoms with van der Waals surface area (Å²) in [5, 5.41) is 5.32. The maximum atomic E-state index is 12.8. The Labute approximate surface area is 128 Å². The summed E-state index contributed by atoms with van der Waals surface area (Å²) in [5.74, 6) is -0.292. The number of benzene rings is 2. The molecule has 22 heavy (non-hydrogen) atoms. The minimum absolute atomic E-state index is 0.292. The molecule has 1 aliphatic carbocycles. The van der Waals surface area contributed by atoms with E-state index in [-0.39, 0.29) is 5.91 Å². The van der Waals surface area contributed by atoms with Gasteiger partial charge in [0.05, 0.1) is 0 Å². The van der Waals surface area contributed by atoms with Crippen molar-refractivity contribution in [3.63, 3.8) is 0 Å². The summed E-state index contributed by atoms with van der Waals surface area (Å²) in [6.45, 7) is 0. The number of carbonyl (C=O) groups excluding carboxylic acids is 2. The Bertz CT molecular complexity index is 735. The molecule has 1 aliphatic heterocycles. The maximum absolute atomic E-state index is 12.8. The highest BCUT2D eigenvalue weighted by Gasteiger charge is 2.51. The quantitative estimate of drug-likeness (QED) is 0.732. The van der Waals surface area contributed by atoms with Crippen LogP contribution in [0.2, 0.25) is 0 Å². The van der Waals surface area contributed by atoms with E-state index in [1.54, 1.807) is 0 Å². The van der Waals surface area contributed by atoms with Crippen LogP contribution in [0.3, 0.4) is 0 Å². The number of nitrogens with one attached hydrogen (secondary N) is 2. The van der Waals surface area contributed by atoms with Crippen molar-refractivity contribution >= 4 is 11.9 Å². The Morgan fingerprint density at radius 1 is 0.818 bits per heavy atom. The SMILES string of the molecule is O=C1NC(=O)C2(N1)c1ccccc1CCCc1ccccc12. The highest BCUT2D eigenvalue weighted by atomic mass is 16.2. The zero-order chi connectivity index (χ0) is 15.2. The van der Waals surface area contributed by atoms with Crippen LogP contribution >= 0.6 is 0 Å². The molecule has 2 aliphatic rings. The lowest BCUT2D eigenvalue weighted by atomic mass is 9.75. The van der Waals surface area contributed by atoms with Gasteiger partial charge in [0.25, 0.3) is 5.91 Å². The van der Waals surface area contributed by atoms with Crippen LogP contribution in [-0.2, 0) is 23.2 Å². The Hall–Kier alpha value is -2.62. The van der Waals surface area contributed by atoms with Gasteiger partial charge in [0.15, 0.2) is 5.54 Å². The predicted molar refractivity (Wildman–Crippen MR) is 82.4 cm³/mol. The van der Waals surface area contributed by atoms with Gasteiger partial charge in [0.1, 0.15) is 0 Å². The molecule has 1 heterocycles. The maximum Gasteiger partial charge on any atom is 0.322 e. The molecule has 4 heteroatoms. The Balaban J connectivity index is 2.07. The number of rotatable bonds is 0. The van der Waals surface area contributed by atoms with Gasteiger partial charge >= 0.3 is 6.03 Å². The van der Waals surface area contributed by atoms with Crippen molar-refractivity contribution in [1.29, 1.82) is 0 Å². The number of carbonyl (C=O) groups is 2. The van der Waals surface area contributed by atoms with Crippen molar-refractivity contribution in [2.24, 2.45) is 0 Å². The molecule has 0 saturated carbocycles. The van der Waals surface area contributed by atoms with Gasteiger partial charge in [-0.2, -0.15) is 0 Å². The summed E-state index contributed by atoms with van der Waals surface area (Å²) in [6, 6.07) is 15.3. The van der Waals surface area contributed by atoms with Gasteiger partial charge in [-0.25, -0.2) is 4.79 Å². The van der Waals surface area contributed by atoms with E-state index in [4.69, 9.17) is 0 Å². The number of hydrogen-bond acceptors (Lipinski definition) is 2. The Morgan fingerprint density at radius 3 is 1.86 bits per heavy atom. The van der Waals surface area contributed by atoms with E-state index in [1.165, 1.54) is 0 Å². The summed E-state index contributed by atoms with van der Waals surface area (Å²) >= 11 is 0. The molecule has 2 aromatic rings. The summed E-state index contributed by atoms with van der Waals surface area (Å²) in [6.07, 6.45) is 2.82. The number of hydrogen-bond donors (Lipinski definition) is 2. The van der Waals surface area contributed by atoms with E-state index in [2.05, 4.69) is 10.6 Å². The van der Waals surface area contributed by atoms with Gasteiger partial charge in [-0.3, -0.25) is 10.1 Å². The normalized spacial score (nSPS) is 18.7. The molecule has 4 nitrogen and oxygen atoms in total. The average molecular weight is 292 g/mol. The predicted octanol–water partition coefficient (Wildman–Crippen LogP) is 2.26. The number of fused-ring (bicyclic) bond motifs is 4. The lowest BCUT2D eigenvalue weighted by molar-refractivity contribution is -0.122. The van der Waals surface area contributed by atoms with Crippen molar-refractivity contribution in [2.45, 2.75) is 24.8 Å². The first-order valence-corrected chi connectivity index (χ1v) is 7.52. The summed E-state index contributed by atoms with van der Waals surface area (Å²) in [5.41, 5.74) is 2.89. The standard InChI is InChI=1S/C18H16N2O2/c21-16-18(20-17(22)19-16)14-10-3-1-6-12(14)8-5-9-13-7-2-4-11-15(13)18/h1-4,6-7,10-11H,5,8-9H2,(H2,19,20,21,22). The van der Waals surface area contributed by atoms with E-state index in [1.807, 2.05) is 48.5 Å². The zero-order valence-electron chi connectivity index (χ0n) is 12.1. The number of imide groups is 1. The molecule has 3 amide bonds. The van der Waals surface area contributed by atoms with Crippen LogP contribution in [0, 0.1) is 0 Å². The van der Waals surface area contributed by atoms with E-state index in [0.717, 1.165) is 41.5 Å². The summed E-state index contributed by atoms with van der Waals surface area (Å²) < 4.78 is 0. The lowest BCUT2D eigenvalue weighted by Crippen LogP contribution is -2.46. The third-order valence-electron chi connectivity index (χ3n) is 4.60. The molecule has 1 saturated heterocycles. The molecular formula is C18H16N2O2. The first-order chi connectivity index (χ1) is 10.7. The van der Waals surface area contributed by atoms with Crippen LogP contribution in [0.25, 0.3) is 0 Å². The summed E-state index contributed by atoms with van der Waals surface area (Å²) in [4.78, 5) is 24.7. The van der Waals surface area contributed by atoms with Crippen molar-refractivity contribution in [3.05, 3.63) is 70.8 Å². The fourth-order valence-electron chi connectivity index (χ4n) is 3.66. The van der Waals surface area contributed by atoms with Crippen molar-refractivity contribution in [3.8, 4) is 0 Å². The molecule has 110 valence electrons. The molecule has 1 spiro atoms. The van der Waals surface area contributed by atoms with Crippen molar-refractivity contribution < 1.29 is 9.59 Å². The van der Waals surface area contributed by atoms with Gasteiger partial charge in [0, 0.05) is 0 Å². The van der Waals surface area contributed by atoms with Crippen molar-refractivity contribution in [2.75, 3.05) is 0 Å². The summed E-state index contributed by atoms with van der Waals surface area (Å²) in [7, 11) is 0. The number of amides is 3. The molecule has 2 aromatic carbocycles. The molecule has 0 radical (unpaired) electrons. The van der Waals surface area contributed by atoms with Crippen LogP contribution in [0.1, 0.15) is 28.7 Å². The lowest BCUT2D eigenvalue weighted by Gasteiger charge is -2.33. The molecule has 1 fully saturated rings. The monoisotopic (exact) mass is 292 g/mol. The molecule has 0 bridgehead atoms. The molecule has 0 atom stereocenters. The second-order valence-electron chi connectivity index (χ2n) is 5.83.